The van der Waals surface area contributed by atoms with Gasteiger partial charge in [-0.05, 0) is 49.1 Å². The van der Waals surface area contributed by atoms with Crippen molar-refractivity contribution in [2.24, 2.45) is 5.84 Å². The lowest BCUT2D eigenvalue weighted by Gasteiger charge is -2.19. The van der Waals surface area contributed by atoms with Crippen LogP contribution in [0.2, 0.25) is 0 Å². The van der Waals surface area contributed by atoms with Crippen molar-refractivity contribution in [1.29, 1.82) is 0 Å². The van der Waals surface area contributed by atoms with E-state index >= 15 is 0 Å². The van der Waals surface area contributed by atoms with Gasteiger partial charge in [-0.3, -0.25) is 11.3 Å². The van der Waals surface area contributed by atoms with Crippen molar-refractivity contribution >= 4 is 0 Å². The van der Waals surface area contributed by atoms with Crippen LogP contribution in [0.15, 0.2) is 42.5 Å². The van der Waals surface area contributed by atoms with Crippen LogP contribution < -0.4 is 11.3 Å². The van der Waals surface area contributed by atoms with Gasteiger partial charge in [0.1, 0.15) is 5.82 Å². The number of aryl methyl sites for hydroxylation is 2. The summed E-state index contributed by atoms with van der Waals surface area (Å²) < 4.78 is 13.4. The lowest BCUT2D eigenvalue weighted by atomic mass is 9.95. The molecule has 0 radical (unpaired) electrons. The van der Waals surface area contributed by atoms with Crippen LogP contribution in [0.4, 0.5) is 4.39 Å². The number of nitrogens with one attached hydrogen (secondary N) is 1. The summed E-state index contributed by atoms with van der Waals surface area (Å²) in [6.07, 6.45) is 0.737. The number of benzene rings is 2. The number of nitrogens with two attached hydrogens (primary N) is 1. The minimum atomic E-state index is -0.232. The molecule has 0 bridgehead atoms. The smallest absolute Gasteiger partial charge is 0.123 e. The third-order valence-corrected chi connectivity index (χ3v) is 3.38. The Morgan fingerprint density at radius 1 is 1.11 bits per heavy atom. The summed E-state index contributed by atoms with van der Waals surface area (Å²) in [7, 11) is 0. The highest BCUT2D eigenvalue weighted by Crippen LogP contribution is 2.22. The third-order valence-electron chi connectivity index (χ3n) is 3.38. The summed E-state index contributed by atoms with van der Waals surface area (Å²) in [6, 6.07) is 13.0. The van der Waals surface area contributed by atoms with Gasteiger partial charge in [-0.15, -0.1) is 0 Å². The summed E-state index contributed by atoms with van der Waals surface area (Å²) in [4.78, 5) is 0. The fraction of sp³-hybridized carbons (Fsp3) is 0.250. The van der Waals surface area contributed by atoms with Crippen molar-refractivity contribution in [3.8, 4) is 0 Å². The topological polar surface area (TPSA) is 38.0 Å². The van der Waals surface area contributed by atoms with Gasteiger partial charge in [0.2, 0.25) is 0 Å². The fourth-order valence-corrected chi connectivity index (χ4v) is 2.21. The molecule has 0 saturated heterocycles. The number of hydrazine groups is 1. The SMILES string of the molecule is Cc1ccc(CC(NN)c2cc(F)ccc2C)cc1. The standard InChI is InChI=1S/C16H19FN2/c1-11-3-6-13(7-4-11)9-16(19-18)15-10-14(17)8-5-12(15)2/h3-8,10,16,19H,9,18H2,1-2H3. The Kier molecular flexibility index (Phi) is 4.30. The van der Waals surface area contributed by atoms with Crippen molar-refractivity contribution in [2.45, 2.75) is 26.3 Å². The molecule has 0 spiro atoms. The number of hydrogen-bond acceptors (Lipinski definition) is 2. The highest BCUT2D eigenvalue weighted by atomic mass is 19.1. The molecule has 3 N–H and O–H groups in total. The maximum absolute atomic E-state index is 13.4. The van der Waals surface area contributed by atoms with E-state index in [1.165, 1.54) is 17.2 Å². The van der Waals surface area contributed by atoms with Gasteiger partial charge in [-0.1, -0.05) is 35.9 Å². The largest absolute Gasteiger partial charge is 0.271 e. The molecule has 0 saturated carbocycles. The molecule has 0 amide bonds. The molecule has 100 valence electrons. The first-order valence-electron chi connectivity index (χ1n) is 6.38. The molecule has 0 aromatic heterocycles. The maximum atomic E-state index is 13.4. The molecule has 1 atom stereocenters. The Hall–Kier alpha value is -1.71. The lowest BCUT2D eigenvalue weighted by molar-refractivity contribution is 0.541. The molecule has 19 heavy (non-hydrogen) atoms. The van der Waals surface area contributed by atoms with Gasteiger partial charge < -0.3 is 0 Å². The van der Waals surface area contributed by atoms with Crippen molar-refractivity contribution in [1.82, 2.24) is 5.43 Å². The number of hydrogen-bond donors (Lipinski definition) is 2. The molecule has 2 aromatic carbocycles. The Labute approximate surface area is 113 Å². The van der Waals surface area contributed by atoms with Crippen LogP contribution >= 0.6 is 0 Å². The molecular weight excluding hydrogens is 239 g/mol. The van der Waals surface area contributed by atoms with Crippen LogP contribution in [0.5, 0.6) is 0 Å². The monoisotopic (exact) mass is 258 g/mol. The first-order valence-corrected chi connectivity index (χ1v) is 6.38. The van der Waals surface area contributed by atoms with Crippen LogP contribution in [0.1, 0.15) is 28.3 Å². The van der Waals surface area contributed by atoms with Gasteiger partial charge in [-0.2, -0.15) is 0 Å². The van der Waals surface area contributed by atoms with Crippen molar-refractivity contribution in [3.05, 3.63) is 70.5 Å². The molecule has 3 heteroatoms. The number of halogens is 1. The van der Waals surface area contributed by atoms with E-state index in [2.05, 4.69) is 36.6 Å². The van der Waals surface area contributed by atoms with E-state index in [1.54, 1.807) is 12.1 Å². The van der Waals surface area contributed by atoms with E-state index < -0.39 is 0 Å². The van der Waals surface area contributed by atoms with Gasteiger partial charge in [-0.25, -0.2) is 4.39 Å². The summed E-state index contributed by atoms with van der Waals surface area (Å²) >= 11 is 0. The van der Waals surface area contributed by atoms with Crippen molar-refractivity contribution in [3.63, 3.8) is 0 Å². The zero-order valence-electron chi connectivity index (χ0n) is 11.3. The van der Waals surface area contributed by atoms with Gasteiger partial charge in [0.25, 0.3) is 0 Å². The Morgan fingerprint density at radius 3 is 2.42 bits per heavy atom. The second-order valence-electron chi connectivity index (χ2n) is 4.91. The molecule has 2 aromatic rings. The Morgan fingerprint density at radius 2 is 1.79 bits per heavy atom. The van der Waals surface area contributed by atoms with Crippen LogP contribution in [0, 0.1) is 19.7 Å². The average molecular weight is 258 g/mol. The first kappa shape index (κ1) is 13.7. The molecule has 1 unspecified atom stereocenters. The van der Waals surface area contributed by atoms with E-state index in [4.69, 9.17) is 5.84 Å². The highest BCUT2D eigenvalue weighted by molar-refractivity contribution is 5.32. The Bertz CT molecular complexity index is 549. The molecule has 0 aliphatic rings. The van der Waals surface area contributed by atoms with Gasteiger partial charge >= 0.3 is 0 Å². The van der Waals surface area contributed by atoms with E-state index in [0.29, 0.717) is 0 Å². The van der Waals surface area contributed by atoms with E-state index in [1.807, 2.05) is 6.92 Å². The maximum Gasteiger partial charge on any atom is 0.123 e. The third kappa shape index (κ3) is 3.40. The van der Waals surface area contributed by atoms with Crippen LogP contribution in [0.3, 0.4) is 0 Å². The second-order valence-corrected chi connectivity index (χ2v) is 4.91. The van der Waals surface area contributed by atoms with E-state index in [0.717, 1.165) is 17.5 Å². The average Bonchev–Trinajstić information content (AvgIpc) is 2.41. The van der Waals surface area contributed by atoms with Crippen LogP contribution in [-0.2, 0) is 6.42 Å². The predicted octanol–water partition coefficient (Wildman–Crippen LogP) is 3.19. The lowest BCUT2D eigenvalue weighted by Crippen LogP contribution is -2.30. The molecule has 0 aliphatic carbocycles. The quantitative estimate of drug-likeness (QED) is 0.653. The summed E-state index contributed by atoms with van der Waals surface area (Å²) in [5.41, 5.74) is 7.13. The molecule has 0 aliphatic heterocycles. The van der Waals surface area contributed by atoms with Gasteiger partial charge in [0.15, 0.2) is 0 Å². The van der Waals surface area contributed by atoms with E-state index in [9.17, 15) is 4.39 Å². The molecule has 2 nitrogen and oxygen atoms in total. The van der Waals surface area contributed by atoms with E-state index in [-0.39, 0.29) is 11.9 Å². The second kappa shape index (κ2) is 5.95. The zero-order valence-corrected chi connectivity index (χ0v) is 11.3. The summed E-state index contributed by atoms with van der Waals surface area (Å²) in [6.45, 7) is 4.02. The normalized spacial score (nSPS) is 12.4. The first-order chi connectivity index (χ1) is 9.10. The summed E-state index contributed by atoms with van der Waals surface area (Å²) in [5, 5.41) is 0. The zero-order chi connectivity index (χ0) is 13.8. The molecular formula is C16H19FN2. The van der Waals surface area contributed by atoms with Crippen molar-refractivity contribution in [2.75, 3.05) is 0 Å². The fourth-order valence-electron chi connectivity index (χ4n) is 2.21. The molecule has 2 rings (SSSR count). The van der Waals surface area contributed by atoms with Gasteiger partial charge in [0, 0.05) is 0 Å². The van der Waals surface area contributed by atoms with Crippen molar-refractivity contribution < 1.29 is 4.39 Å². The van der Waals surface area contributed by atoms with Crippen LogP contribution in [-0.4, -0.2) is 0 Å². The Balaban J connectivity index is 2.24. The highest BCUT2D eigenvalue weighted by Gasteiger charge is 2.13. The van der Waals surface area contributed by atoms with Gasteiger partial charge in [0.05, 0.1) is 6.04 Å². The number of rotatable bonds is 4. The molecule has 0 fully saturated rings. The summed E-state index contributed by atoms with van der Waals surface area (Å²) in [5.74, 6) is 5.40. The molecule has 0 heterocycles. The predicted molar refractivity (Wildman–Crippen MR) is 76.1 cm³/mol. The van der Waals surface area contributed by atoms with Crippen LogP contribution in [0.25, 0.3) is 0 Å². The minimum Gasteiger partial charge on any atom is -0.271 e. The minimum absolute atomic E-state index is 0.0848.